The van der Waals surface area contributed by atoms with Crippen LogP contribution in [-0.4, -0.2) is 29.6 Å². The van der Waals surface area contributed by atoms with Crippen LogP contribution in [0.4, 0.5) is 5.69 Å². The zero-order valence-electron chi connectivity index (χ0n) is 15.2. The predicted octanol–water partition coefficient (Wildman–Crippen LogP) is 5.30. The molecule has 0 fully saturated rings. The number of anilines is 1. The van der Waals surface area contributed by atoms with Gasteiger partial charge in [0.15, 0.2) is 0 Å². The molecule has 0 saturated carbocycles. The van der Waals surface area contributed by atoms with E-state index < -0.39 is 0 Å². The Morgan fingerprint density at radius 1 is 1.04 bits per heavy atom. The average Bonchev–Trinajstić information content (AvgIpc) is 2.79. The number of nitrogens with one attached hydrogen (secondary N) is 1. The summed E-state index contributed by atoms with van der Waals surface area (Å²) in [7, 11) is 0. The van der Waals surface area contributed by atoms with Crippen molar-refractivity contribution in [3.05, 3.63) is 101 Å². The first-order valence-electron chi connectivity index (χ1n) is 8.66. The van der Waals surface area contributed by atoms with Gasteiger partial charge in [0.05, 0.1) is 11.4 Å². The number of benzene rings is 2. The van der Waals surface area contributed by atoms with Crippen molar-refractivity contribution in [1.82, 2.24) is 4.90 Å². The number of aliphatic imine (C=N–C) groups is 1. The van der Waals surface area contributed by atoms with Gasteiger partial charge in [0.1, 0.15) is 5.70 Å². The van der Waals surface area contributed by atoms with Crippen LogP contribution in [0.3, 0.4) is 0 Å². The highest BCUT2D eigenvalue weighted by molar-refractivity contribution is 6.37. The van der Waals surface area contributed by atoms with E-state index >= 15 is 0 Å². The molecular formula is C22H19Cl2N3O. The Kier molecular flexibility index (Phi) is 6.34. The normalized spacial score (nSPS) is 14.6. The Morgan fingerprint density at radius 3 is 2.43 bits per heavy atom. The van der Waals surface area contributed by atoms with Crippen molar-refractivity contribution in [3.8, 4) is 0 Å². The van der Waals surface area contributed by atoms with E-state index in [0.717, 1.165) is 0 Å². The third-order valence-corrected chi connectivity index (χ3v) is 4.68. The fourth-order valence-corrected chi connectivity index (χ4v) is 3.27. The van der Waals surface area contributed by atoms with Gasteiger partial charge >= 0.3 is 0 Å². The van der Waals surface area contributed by atoms with Crippen LogP contribution in [0, 0.1) is 0 Å². The second-order valence-electron chi connectivity index (χ2n) is 6.13. The second-order valence-corrected chi connectivity index (χ2v) is 6.97. The van der Waals surface area contributed by atoms with Gasteiger partial charge in [0.2, 0.25) is 0 Å². The molecule has 0 bridgehead atoms. The predicted molar refractivity (Wildman–Crippen MR) is 117 cm³/mol. The number of fused-ring (bicyclic) bond motifs is 1. The first-order valence-corrected chi connectivity index (χ1v) is 9.41. The highest BCUT2D eigenvalue weighted by atomic mass is 35.5. The molecule has 0 radical (unpaired) electrons. The molecule has 1 N–H and O–H groups in total. The molecule has 0 aliphatic carbocycles. The lowest BCUT2D eigenvalue weighted by Crippen LogP contribution is -2.21. The fraction of sp³-hybridized carbons (Fsp3) is 0.0909. The van der Waals surface area contributed by atoms with Crippen LogP contribution >= 0.6 is 23.2 Å². The van der Waals surface area contributed by atoms with Crippen LogP contribution in [0.25, 0.3) is 0 Å². The summed E-state index contributed by atoms with van der Waals surface area (Å²) in [6.45, 7) is 8.62. The molecule has 142 valence electrons. The summed E-state index contributed by atoms with van der Waals surface area (Å²) in [4.78, 5) is 19.4. The zero-order valence-corrected chi connectivity index (χ0v) is 16.7. The summed E-state index contributed by atoms with van der Waals surface area (Å²) in [5, 5.41) is 3.99. The quantitative estimate of drug-likeness (QED) is 0.517. The summed E-state index contributed by atoms with van der Waals surface area (Å²) in [5.41, 5.74) is 2.87. The first-order chi connectivity index (χ1) is 13.5. The lowest BCUT2D eigenvalue weighted by atomic mass is 10.0. The Bertz CT molecular complexity index is 985. The second kappa shape index (κ2) is 8.91. The molecule has 6 heteroatoms. The van der Waals surface area contributed by atoms with Crippen molar-refractivity contribution in [1.29, 1.82) is 0 Å². The minimum atomic E-state index is -0.316. The van der Waals surface area contributed by atoms with Crippen molar-refractivity contribution in [2.75, 3.05) is 18.4 Å². The number of hydrogen-bond acceptors (Lipinski definition) is 3. The minimum absolute atomic E-state index is 0.256. The summed E-state index contributed by atoms with van der Waals surface area (Å²) in [5.74, 6) is -0.316. The lowest BCUT2D eigenvalue weighted by molar-refractivity contribution is -0.112. The number of amides is 1. The first kappa shape index (κ1) is 19.9. The lowest BCUT2D eigenvalue weighted by Gasteiger charge is -2.17. The molecule has 0 saturated heterocycles. The number of carbonyl (C=O) groups excluding carboxylic acids is 1. The van der Waals surface area contributed by atoms with Gasteiger partial charge in [0, 0.05) is 40.5 Å². The van der Waals surface area contributed by atoms with E-state index in [-0.39, 0.29) is 11.6 Å². The molecule has 1 amide bonds. The molecule has 1 heterocycles. The molecule has 1 aliphatic rings. The van der Waals surface area contributed by atoms with Crippen molar-refractivity contribution < 1.29 is 4.79 Å². The molecule has 2 aromatic rings. The Morgan fingerprint density at radius 2 is 1.75 bits per heavy atom. The summed E-state index contributed by atoms with van der Waals surface area (Å²) in [6.07, 6.45) is 5.20. The summed E-state index contributed by atoms with van der Waals surface area (Å²) < 4.78 is 0. The monoisotopic (exact) mass is 411 g/mol. The largest absolute Gasteiger partial charge is 0.368 e. The van der Waals surface area contributed by atoms with E-state index in [1.54, 1.807) is 42.6 Å². The van der Waals surface area contributed by atoms with E-state index in [1.165, 1.54) is 0 Å². The third-order valence-electron chi connectivity index (χ3n) is 4.11. The minimum Gasteiger partial charge on any atom is -0.368 e. The van der Waals surface area contributed by atoms with E-state index in [1.807, 2.05) is 23.1 Å². The summed E-state index contributed by atoms with van der Waals surface area (Å²) in [6, 6.07) is 12.6. The van der Waals surface area contributed by atoms with Gasteiger partial charge in [-0.3, -0.25) is 4.79 Å². The van der Waals surface area contributed by atoms with Crippen LogP contribution in [0.2, 0.25) is 10.0 Å². The van der Waals surface area contributed by atoms with Crippen molar-refractivity contribution >= 4 is 40.5 Å². The Balaban J connectivity index is 2.21. The van der Waals surface area contributed by atoms with Gasteiger partial charge < -0.3 is 10.2 Å². The Labute approximate surface area is 174 Å². The van der Waals surface area contributed by atoms with Crippen LogP contribution in [0.5, 0.6) is 0 Å². The highest BCUT2D eigenvalue weighted by Crippen LogP contribution is 2.30. The van der Waals surface area contributed by atoms with E-state index in [4.69, 9.17) is 23.2 Å². The van der Waals surface area contributed by atoms with Gasteiger partial charge in [0.25, 0.3) is 5.91 Å². The van der Waals surface area contributed by atoms with Gasteiger partial charge in [-0.25, -0.2) is 4.99 Å². The van der Waals surface area contributed by atoms with Gasteiger partial charge in [-0.15, -0.1) is 13.2 Å². The molecule has 0 atom stereocenters. The molecule has 2 aromatic carbocycles. The number of nitrogens with zero attached hydrogens (tertiary/aromatic N) is 2. The molecule has 1 aliphatic heterocycles. The van der Waals surface area contributed by atoms with Crippen LogP contribution in [-0.2, 0) is 4.79 Å². The fourth-order valence-electron chi connectivity index (χ4n) is 2.87. The van der Waals surface area contributed by atoms with Crippen molar-refractivity contribution in [3.63, 3.8) is 0 Å². The Hall–Kier alpha value is -2.82. The van der Waals surface area contributed by atoms with Crippen molar-refractivity contribution in [2.45, 2.75) is 0 Å². The van der Waals surface area contributed by atoms with Gasteiger partial charge in [-0.2, -0.15) is 0 Å². The van der Waals surface area contributed by atoms with Crippen molar-refractivity contribution in [2.24, 2.45) is 4.99 Å². The van der Waals surface area contributed by atoms with Gasteiger partial charge in [-0.1, -0.05) is 53.6 Å². The highest BCUT2D eigenvalue weighted by Gasteiger charge is 2.23. The molecule has 0 unspecified atom stereocenters. The number of benzodiazepines with no additional fused rings is 1. The average molecular weight is 412 g/mol. The molecule has 0 aromatic heterocycles. The SMILES string of the molecule is C=CCN(C=C1N=C(c2ccccc2Cl)c2cc(Cl)ccc2NC1=O)CC=C. The molecule has 4 nitrogen and oxygen atoms in total. The van der Waals surface area contributed by atoms with E-state index in [9.17, 15) is 4.79 Å². The number of halogens is 2. The summed E-state index contributed by atoms with van der Waals surface area (Å²) >= 11 is 12.6. The topological polar surface area (TPSA) is 44.7 Å². The number of hydrogen-bond donors (Lipinski definition) is 1. The zero-order chi connectivity index (χ0) is 20.1. The number of rotatable bonds is 6. The maximum Gasteiger partial charge on any atom is 0.275 e. The molecule has 28 heavy (non-hydrogen) atoms. The van der Waals surface area contributed by atoms with Crippen LogP contribution in [0.15, 0.2) is 84.7 Å². The molecular weight excluding hydrogens is 393 g/mol. The van der Waals surface area contributed by atoms with Crippen LogP contribution < -0.4 is 5.32 Å². The third kappa shape index (κ3) is 4.35. The molecule has 3 rings (SSSR count). The van der Waals surface area contributed by atoms with E-state index in [2.05, 4.69) is 23.5 Å². The number of carbonyl (C=O) groups is 1. The molecule has 0 spiro atoms. The van der Waals surface area contributed by atoms with E-state index in [0.29, 0.717) is 45.7 Å². The van der Waals surface area contributed by atoms with Crippen LogP contribution in [0.1, 0.15) is 11.1 Å². The maximum atomic E-state index is 12.8. The smallest absolute Gasteiger partial charge is 0.275 e. The standard InChI is InChI=1S/C22H19Cl2N3O/c1-3-11-27(12-4-2)14-20-22(28)26-19-10-9-15(23)13-17(19)21(25-20)16-7-5-6-8-18(16)24/h3-10,13-14H,1-2,11-12H2,(H,26,28). The van der Waals surface area contributed by atoms with Gasteiger partial charge in [-0.05, 0) is 24.3 Å². The maximum absolute atomic E-state index is 12.8.